The third kappa shape index (κ3) is 4.08. The minimum Gasteiger partial charge on any atom is -0.355 e. The summed E-state index contributed by atoms with van der Waals surface area (Å²) in [5.41, 5.74) is 2.28. The summed E-state index contributed by atoms with van der Waals surface area (Å²) in [6.07, 6.45) is 1.53. The monoisotopic (exact) mass is 341 g/mol. The van der Waals surface area contributed by atoms with Gasteiger partial charge in [0, 0.05) is 28.3 Å². The van der Waals surface area contributed by atoms with E-state index in [4.69, 9.17) is 11.6 Å². The van der Waals surface area contributed by atoms with Crippen LogP contribution in [0.15, 0.2) is 66.9 Å². The van der Waals surface area contributed by atoms with E-state index in [1.54, 1.807) is 48.5 Å². The van der Waals surface area contributed by atoms with Gasteiger partial charge in [-0.25, -0.2) is 4.39 Å². The first-order chi connectivity index (χ1) is 11.6. The zero-order chi connectivity index (χ0) is 16.9. The van der Waals surface area contributed by atoms with Gasteiger partial charge in [-0.3, -0.25) is 9.78 Å². The van der Waals surface area contributed by atoms with Crippen LogP contribution in [0.1, 0.15) is 10.5 Å². The normalized spacial score (nSPS) is 10.2. The van der Waals surface area contributed by atoms with Crippen molar-refractivity contribution >= 4 is 34.6 Å². The molecule has 1 heterocycles. The highest BCUT2D eigenvalue weighted by atomic mass is 35.5. The molecule has 120 valence electrons. The van der Waals surface area contributed by atoms with Crippen molar-refractivity contribution in [2.75, 3.05) is 10.6 Å². The molecule has 24 heavy (non-hydrogen) atoms. The Morgan fingerprint density at radius 2 is 1.58 bits per heavy atom. The Morgan fingerprint density at radius 3 is 2.29 bits per heavy atom. The molecule has 0 bridgehead atoms. The summed E-state index contributed by atoms with van der Waals surface area (Å²) in [6, 6.07) is 16.1. The summed E-state index contributed by atoms with van der Waals surface area (Å²) in [7, 11) is 0. The van der Waals surface area contributed by atoms with E-state index in [1.165, 1.54) is 18.3 Å². The Bertz CT molecular complexity index is 851. The SMILES string of the molecule is O=C(Nc1ccc(Cl)cc1)c1cc(Nc2ccc(F)cc2)ccn1. The van der Waals surface area contributed by atoms with Gasteiger partial charge < -0.3 is 10.6 Å². The van der Waals surface area contributed by atoms with Crippen LogP contribution in [0.3, 0.4) is 0 Å². The van der Waals surface area contributed by atoms with Gasteiger partial charge in [0.15, 0.2) is 0 Å². The lowest BCUT2D eigenvalue weighted by Crippen LogP contribution is -2.13. The zero-order valence-electron chi connectivity index (χ0n) is 12.5. The number of hydrogen-bond acceptors (Lipinski definition) is 3. The summed E-state index contributed by atoms with van der Waals surface area (Å²) in [5.74, 6) is -0.640. The fraction of sp³-hybridized carbons (Fsp3) is 0. The number of aromatic nitrogens is 1. The highest BCUT2D eigenvalue weighted by Gasteiger charge is 2.09. The summed E-state index contributed by atoms with van der Waals surface area (Å²) >= 11 is 5.82. The predicted molar refractivity (Wildman–Crippen MR) is 93.3 cm³/mol. The molecule has 0 saturated heterocycles. The second-order valence-corrected chi connectivity index (χ2v) is 5.46. The first kappa shape index (κ1) is 16.0. The number of carbonyl (C=O) groups excluding carboxylic acids is 1. The van der Waals surface area contributed by atoms with E-state index in [0.29, 0.717) is 22.1 Å². The lowest BCUT2D eigenvalue weighted by atomic mass is 10.2. The number of nitrogens with zero attached hydrogens (tertiary/aromatic N) is 1. The zero-order valence-corrected chi connectivity index (χ0v) is 13.2. The smallest absolute Gasteiger partial charge is 0.274 e. The number of anilines is 3. The van der Waals surface area contributed by atoms with Crippen molar-refractivity contribution in [2.24, 2.45) is 0 Å². The maximum absolute atomic E-state index is 12.9. The van der Waals surface area contributed by atoms with Crippen LogP contribution in [0.2, 0.25) is 5.02 Å². The van der Waals surface area contributed by atoms with Crippen molar-refractivity contribution in [3.63, 3.8) is 0 Å². The Labute approximate surface area is 143 Å². The molecule has 6 heteroatoms. The Balaban J connectivity index is 1.73. The third-order valence-corrected chi connectivity index (χ3v) is 3.48. The van der Waals surface area contributed by atoms with Crippen molar-refractivity contribution in [3.05, 3.63) is 83.4 Å². The molecule has 2 N–H and O–H groups in total. The molecule has 0 radical (unpaired) electrons. The van der Waals surface area contributed by atoms with Gasteiger partial charge in [-0.1, -0.05) is 11.6 Å². The molecule has 0 saturated carbocycles. The van der Waals surface area contributed by atoms with Crippen LogP contribution in [-0.2, 0) is 0 Å². The Kier molecular flexibility index (Phi) is 4.72. The highest BCUT2D eigenvalue weighted by Crippen LogP contribution is 2.18. The van der Waals surface area contributed by atoms with Crippen LogP contribution >= 0.6 is 11.6 Å². The molecule has 3 aromatic rings. The minimum absolute atomic E-state index is 0.261. The topological polar surface area (TPSA) is 54.0 Å². The van der Waals surface area contributed by atoms with Gasteiger partial charge >= 0.3 is 0 Å². The maximum atomic E-state index is 12.9. The summed E-state index contributed by atoms with van der Waals surface area (Å²) in [6.45, 7) is 0. The van der Waals surface area contributed by atoms with E-state index in [1.807, 2.05) is 0 Å². The molecule has 4 nitrogen and oxygen atoms in total. The fourth-order valence-corrected chi connectivity index (χ4v) is 2.19. The highest BCUT2D eigenvalue weighted by molar-refractivity contribution is 6.30. The lowest BCUT2D eigenvalue weighted by Gasteiger charge is -2.08. The molecule has 3 rings (SSSR count). The van der Waals surface area contributed by atoms with E-state index in [-0.39, 0.29) is 17.4 Å². The largest absolute Gasteiger partial charge is 0.355 e. The van der Waals surface area contributed by atoms with Gasteiger partial charge in [0.05, 0.1) is 0 Å². The van der Waals surface area contributed by atoms with E-state index in [0.717, 1.165) is 0 Å². The van der Waals surface area contributed by atoms with Gasteiger partial charge in [0.25, 0.3) is 5.91 Å². The van der Waals surface area contributed by atoms with Crippen LogP contribution < -0.4 is 10.6 Å². The molecule has 0 spiro atoms. The average Bonchev–Trinajstić information content (AvgIpc) is 2.59. The summed E-state index contributed by atoms with van der Waals surface area (Å²) < 4.78 is 12.9. The first-order valence-electron chi connectivity index (χ1n) is 7.16. The molecular formula is C18H13ClFN3O. The number of carbonyl (C=O) groups is 1. The van der Waals surface area contributed by atoms with Gasteiger partial charge in [0.2, 0.25) is 0 Å². The van der Waals surface area contributed by atoms with Crippen LogP contribution in [0, 0.1) is 5.82 Å². The minimum atomic E-state index is -0.333. The van der Waals surface area contributed by atoms with Gasteiger partial charge in [-0.05, 0) is 60.7 Å². The van der Waals surface area contributed by atoms with Crippen molar-refractivity contribution in [2.45, 2.75) is 0 Å². The first-order valence-corrected chi connectivity index (χ1v) is 7.53. The quantitative estimate of drug-likeness (QED) is 0.711. The van der Waals surface area contributed by atoms with Gasteiger partial charge in [-0.15, -0.1) is 0 Å². The molecule has 0 atom stereocenters. The lowest BCUT2D eigenvalue weighted by molar-refractivity contribution is 0.102. The van der Waals surface area contributed by atoms with Crippen LogP contribution in [0.4, 0.5) is 21.5 Å². The van der Waals surface area contributed by atoms with Crippen molar-refractivity contribution in [1.29, 1.82) is 0 Å². The summed E-state index contributed by atoms with van der Waals surface area (Å²) in [4.78, 5) is 16.3. The summed E-state index contributed by atoms with van der Waals surface area (Å²) in [5, 5.41) is 6.43. The molecule has 1 aromatic heterocycles. The molecule has 1 amide bonds. The number of rotatable bonds is 4. The van der Waals surface area contributed by atoms with Crippen LogP contribution in [0.25, 0.3) is 0 Å². The van der Waals surface area contributed by atoms with Crippen LogP contribution in [0.5, 0.6) is 0 Å². The second-order valence-electron chi connectivity index (χ2n) is 5.02. The molecule has 0 aliphatic heterocycles. The average molecular weight is 342 g/mol. The van der Waals surface area contributed by atoms with E-state index in [9.17, 15) is 9.18 Å². The third-order valence-electron chi connectivity index (χ3n) is 3.23. The Hall–Kier alpha value is -2.92. The van der Waals surface area contributed by atoms with E-state index >= 15 is 0 Å². The number of halogens is 2. The van der Waals surface area contributed by atoms with Crippen molar-refractivity contribution in [3.8, 4) is 0 Å². The molecule has 0 aliphatic rings. The number of nitrogens with one attached hydrogen (secondary N) is 2. The van der Waals surface area contributed by atoms with Gasteiger partial charge in [-0.2, -0.15) is 0 Å². The van der Waals surface area contributed by atoms with Crippen molar-refractivity contribution in [1.82, 2.24) is 4.98 Å². The molecule has 0 fully saturated rings. The number of amides is 1. The molecule has 0 unspecified atom stereocenters. The van der Waals surface area contributed by atoms with Crippen LogP contribution in [-0.4, -0.2) is 10.9 Å². The van der Waals surface area contributed by atoms with Gasteiger partial charge in [0.1, 0.15) is 11.5 Å². The Morgan fingerprint density at radius 1 is 0.917 bits per heavy atom. The molecular weight excluding hydrogens is 329 g/mol. The number of benzene rings is 2. The van der Waals surface area contributed by atoms with Crippen molar-refractivity contribution < 1.29 is 9.18 Å². The fourth-order valence-electron chi connectivity index (χ4n) is 2.06. The van der Waals surface area contributed by atoms with E-state index in [2.05, 4.69) is 15.6 Å². The number of hydrogen-bond donors (Lipinski definition) is 2. The number of pyridine rings is 1. The second kappa shape index (κ2) is 7.10. The van der Waals surface area contributed by atoms with E-state index < -0.39 is 0 Å². The molecule has 2 aromatic carbocycles. The standard InChI is InChI=1S/C18H13ClFN3O/c19-12-1-5-15(6-2-12)23-18(24)17-11-16(9-10-21-17)22-14-7-3-13(20)4-8-14/h1-11H,(H,21,22)(H,23,24). The maximum Gasteiger partial charge on any atom is 0.274 e. The predicted octanol–water partition coefficient (Wildman–Crippen LogP) is 4.87. The molecule has 0 aliphatic carbocycles.